The predicted octanol–water partition coefficient (Wildman–Crippen LogP) is 4.25. The summed E-state index contributed by atoms with van der Waals surface area (Å²) in [4.78, 5) is 20.9. The van der Waals surface area contributed by atoms with Gasteiger partial charge in [0.15, 0.2) is 5.70 Å². The van der Waals surface area contributed by atoms with Crippen LogP contribution in [0.4, 0.5) is 0 Å². The van der Waals surface area contributed by atoms with Gasteiger partial charge in [0.2, 0.25) is 5.90 Å². The quantitative estimate of drug-likeness (QED) is 0.376. The minimum absolute atomic E-state index is 0.148. The van der Waals surface area contributed by atoms with E-state index < -0.39 is 5.97 Å². The van der Waals surface area contributed by atoms with E-state index in [0.29, 0.717) is 28.1 Å². The van der Waals surface area contributed by atoms with Crippen LogP contribution in [0.2, 0.25) is 5.15 Å². The lowest BCUT2D eigenvalue weighted by molar-refractivity contribution is -0.129. The van der Waals surface area contributed by atoms with Gasteiger partial charge in [0.25, 0.3) is 0 Å². The number of fused-ring (bicyclic) bond motifs is 1. The Morgan fingerprint density at radius 3 is 2.61 bits per heavy atom. The normalized spacial score (nSPS) is 14.9. The molecule has 28 heavy (non-hydrogen) atoms. The first-order valence-corrected chi connectivity index (χ1v) is 8.76. The highest BCUT2D eigenvalue weighted by Crippen LogP contribution is 2.27. The summed E-state index contributed by atoms with van der Waals surface area (Å²) in [7, 11) is 3.16. The first-order valence-electron chi connectivity index (χ1n) is 8.38. The number of esters is 1. The van der Waals surface area contributed by atoms with Gasteiger partial charge in [0.1, 0.15) is 16.7 Å². The molecule has 2 heterocycles. The van der Waals surface area contributed by atoms with Gasteiger partial charge in [0, 0.05) is 22.6 Å². The minimum atomic E-state index is -0.552. The molecule has 1 aliphatic heterocycles. The van der Waals surface area contributed by atoms with Gasteiger partial charge < -0.3 is 14.2 Å². The number of halogens is 1. The second kappa shape index (κ2) is 7.32. The van der Waals surface area contributed by atoms with E-state index in [1.54, 1.807) is 50.6 Å². The summed E-state index contributed by atoms with van der Waals surface area (Å²) in [6.45, 7) is 0. The fourth-order valence-corrected chi connectivity index (χ4v) is 3.00. The number of rotatable bonds is 4. The highest BCUT2D eigenvalue weighted by molar-refractivity contribution is 6.31. The number of ether oxygens (including phenoxy) is 3. The van der Waals surface area contributed by atoms with Crippen molar-refractivity contribution in [2.24, 2.45) is 4.99 Å². The predicted molar refractivity (Wildman–Crippen MR) is 107 cm³/mol. The lowest BCUT2D eigenvalue weighted by Gasteiger charge is -2.05. The van der Waals surface area contributed by atoms with E-state index in [9.17, 15) is 4.79 Å². The average molecular weight is 395 g/mol. The number of aliphatic imine (C=N–C) groups is 1. The largest absolute Gasteiger partial charge is 0.497 e. The topological polar surface area (TPSA) is 70.0 Å². The molecular weight excluding hydrogens is 380 g/mol. The van der Waals surface area contributed by atoms with E-state index in [0.717, 1.165) is 5.39 Å². The van der Waals surface area contributed by atoms with E-state index >= 15 is 0 Å². The maximum absolute atomic E-state index is 12.3. The van der Waals surface area contributed by atoms with Crippen LogP contribution in [0.3, 0.4) is 0 Å². The molecule has 0 saturated carbocycles. The molecule has 3 aromatic rings. The van der Waals surface area contributed by atoms with E-state index in [1.165, 1.54) is 0 Å². The second-order valence-electron chi connectivity index (χ2n) is 6.00. The molecule has 0 bridgehead atoms. The third-order valence-corrected chi connectivity index (χ3v) is 4.54. The molecule has 0 amide bonds. The van der Waals surface area contributed by atoms with Crippen LogP contribution in [0, 0.1) is 0 Å². The summed E-state index contributed by atoms with van der Waals surface area (Å²) >= 11 is 6.30. The van der Waals surface area contributed by atoms with E-state index in [-0.39, 0.29) is 16.7 Å². The Balaban J connectivity index is 1.72. The number of aromatic nitrogens is 1. The van der Waals surface area contributed by atoms with Crippen LogP contribution in [0.1, 0.15) is 11.1 Å². The average Bonchev–Trinajstić information content (AvgIpc) is 3.08. The lowest BCUT2D eigenvalue weighted by atomic mass is 10.1. The number of benzene rings is 2. The van der Waals surface area contributed by atoms with Gasteiger partial charge in [-0.05, 0) is 42.5 Å². The number of hydrogen-bond acceptors (Lipinski definition) is 6. The zero-order valence-electron chi connectivity index (χ0n) is 15.1. The maximum atomic E-state index is 12.3. The van der Waals surface area contributed by atoms with Gasteiger partial charge in [-0.3, -0.25) is 0 Å². The highest BCUT2D eigenvalue weighted by Gasteiger charge is 2.25. The molecule has 4 rings (SSSR count). The molecule has 140 valence electrons. The van der Waals surface area contributed by atoms with Crippen molar-refractivity contribution in [1.29, 1.82) is 0 Å². The van der Waals surface area contributed by atoms with Gasteiger partial charge in [-0.25, -0.2) is 14.8 Å². The van der Waals surface area contributed by atoms with Gasteiger partial charge in [0.05, 0.1) is 19.7 Å². The molecule has 0 atom stereocenters. The van der Waals surface area contributed by atoms with Crippen LogP contribution in [0.15, 0.2) is 59.2 Å². The van der Waals surface area contributed by atoms with Crippen LogP contribution >= 0.6 is 11.6 Å². The Hall–Kier alpha value is -3.38. The zero-order chi connectivity index (χ0) is 19.7. The summed E-state index contributed by atoms with van der Waals surface area (Å²) in [5.74, 6) is 0.994. The number of carbonyl (C=O) groups is 1. The monoisotopic (exact) mass is 394 g/mol. The zero-order valence-corrected chi connectivity index (χ0v) is 15.9. The first-order chi connectivity index (χ1) is 13.6. The van der Waals surface area contributed by atoms with Crippen molar-refractivity contribution in [3.63, 3.8) is 0 Å². The van der Waals surface area contributed by atoms with Crippen LogP contribution < -0.4 is 9.47 Å². The van der Waals surface area contributed by atoms with Gasteiger partial charge in [-0.2, -0.15) is 0 Å². The first kappa shape index (κ1) is 18.0. The number of pyridine rings is 1. The Kier molecular flexibility index (Phi) is 4.71. The molecule has 0 aliphatic carbocycles. The molecule has 0 saturated heterocycles. The standard InChI is InChI=1S/C21H15ClN2O4/c1-26-15-5-3-4-13(9-15)20-24-18(21(25)28-20)10-14-8-12-6-7-16(27-2)11-17(12)23-19(14)22/h3-11H,1-2H3. The lowest BCUT2D eigenvalue weighted by Crippen LogP contribution is -2.05. The number of carbonyl (C=O) groups excluding carboxylic acids is 1. The highest BCUT2D eigenvalue weighted by atomic mass is 35.5. The number of methoxy groups -OCH3 is 2. The van der Waals surface area contributed by atoms with Crippen molar-refractivity contribution in [3.05, 3.63) is 70.5 Å². The van der Waals surface area contributed by atoms with Crippen molar-refractivity contribution in [1.82, 2.24) is 4.98 Å². The molecule has 0 N–H and O–H groups in total. The van der Waals surface area contributed by atoms with Crippen LogP contribution in [0.25, 0.3) is 17.0 Å². The molecule has 7 heteroatoms. The molecule has 0 radical (unpaired) electrons. The van der Waals surface area contributed by atoms with Crippen LogP contribution in [0.5, 0.6) is 11.5 Å². The fourth-order valence-electron chi connectivity index (χ4n) is 2.80. The van der Waals surface area contributed by atoms with E-state index in [1.807, 2.05) is 18.2 Å². The van der Waals surface area contributed by atoms with E-state index in [4.69, 9.17) is 25.8 Å². The molecule has 6 nitrogen and oxygen atoms in total. The summed E-state index contributed by atoms with van der Waals surface area (Å²) in [5.41, 5.74) is 2.06. The second-order valence-corrected chi connectivity index (χ2v) is 6.35. The van der Waals surface area contributed by atoms with Crippen LogP contribution in [-0.4, -0.2) is 31.1 Å². The van der Waals surface area contributed by atoms with E-state index in [2.05, 4.69) is 9.98 Å². The SMILES string of the molecule is COc1cccc(C2=NC(=Cc3cc4ccc(OC)cc4nc3Cl)C(=O)O2)c1. The Bertz CT molecular complexity index is 1150. The molecular formula is C21H15ClN2O4. The van der Waals surface area contributed by atoms with Gasteiger partial charge in [-0.1, -0.05) is 17.7 Å². The minimum Gasteiger partial charge on any atom is -0.497 e. The summed E-state index contributed by atoms with van der Waals surface area (Å²) in [5, 5.41) is 1.12. The Labute approximate surface area is 166 Å². The van der Waals surface area contributed by atoms with Crippen molar-refractivity contribution < 1.29 is 19.0 Å². The number of hydrogen-bond donors (Lipinski definition) is 0. The van der Waals surface area contributed by atoms with Crippen LogP contribution in [-0.2, 0) is 9.53 Å². The van der Waals surface area contributed by atoms with Crippen molar-refractivity contribution >= 4 is 40.4 Å². The third-order valence-electron chi connectivity index (χ3n) is 4.23. The van der Waals surface area contributed by atoms with Crippen molar-refractivity contribution in [3.8, 4) is 11.5 Å². The summed E-state index contributed by atoms with van der Waals surface area (Å²) < 4.78 is 15.7. The number of nitrogens with zero attached hydrogens (tertiary/aromatic N) is 2. The summed E-state index contributed by atoms with van der Waals surface area (Å²) in [6, 6.07) is 14.5. The maximum Gasteiger partial charge on any atom is 0.363 e. The van der Waals surface area contributed by atoms with Gasteiger partial charge >= 0.3 is 5.97 Å². The van der Waals surface area contributed by atoms with Crippen molar-refractivity contribution in [2.45, 2.75) is 0 Å². The van der Waals surface area contributed by atoms with Crippen molar-refractivity contribution in [2.75, 3.05) is 14.2 Å². The smallest absolute Gasteiger partial charge is 0.363 e. The molecule has 1 aromatic heterocycles. The summed E-state index contributed by atoms with van der Waals surface area (Å²) in [6.07, 6.45) is 1.56. The molecule has 1 aliphatic rings. The fraction of sp³-hybridized carbons (Fsp3) is 0.0952. The molecule has 0 fully saturated rings. The molecule has 0 unspecified atom stereocenters. The Morgan fingerprint density at radius 2 is 1.82 bits per heavy atom. The Morgan fingerprint density at radius 1 is 1.04 bits per heavy atom. The molecule has 2 aromatic carbocycles. The number of cyclic esters (lactones) is 1. The van der Waals surface area contributed by atoms with Gasteiger partial charge in [-0.15, -0.1) is 0 Å². The third kappa shape index (κ3) is 3.42. The molecule has 0 spiro atoms.